The van der Waals surface area contributed by atoms with Gasteiger partial charge in [0.05, 0.1) is 18.4 Å². The van der Waals surface area contributed by atoms with Gasteiger partial charge in [-0.2, -0.15) is 10.2 Å². The lowest BCUT2D eigenvalue weighted by Gasteiger charge is -2.22. The Labute approximate surface area is 172 Å². The summed E-state index contributed by atoms with van der Waals surface area (Å²) < 4.78 is 5.34. The summed E-state index contributed by atoms with van der Waals surface area (Å²) in [6.45, 7) is 0.541. The van der Waals surface area contributed by atoms with Crippen LogP contribution in [0, 0.1) is 0 Å². The molecule has 2 aliphatic rings. The van der Waals surface area contributed by atoms with Crippen LogP contribution in [0.3, 0.4) is 0 Å². The van der Waals surface area contributed by atoms with Gasteiger partial charge in [-0.25, -0.2) is 14.3 Å². The molecule has 30 heavy (non-hydrogen) atoms. The SMILES string of the molecule is CN1C(=O)[C@@H](NC(=O)c2nc3n(n2)C(c2cnn(C)c2)CCC3)CCn2nccc21. The molecule has 1 unspecified atom stereocenters. The lowest BCUT2D eigenvalue weighted by atomic mass is 10.0. The van der Waals surface area contributed by atoms with E-state index >= 15 is 0 Å². The van der Waals surface area contributed by atoms with Crippen molar-refractivity contribution in [1.82, 2.24) is 39.6 Å². The molecule has 1 N–H and O–H groups in total. The molecule has 0 saturated heterocycles. The van der Waals surface area contributed by atoms with Crippen molar-refractivity contribution in [1.29, 1.82) is 0 Å². The van der Waals surface area contributed by atoms with Crippen molar-refractivity contribution >= 4 is 17.6 Å². The molecule has 11 heteroatoms. The number of amides is 2. The lowest BCUT2D eigenvalue weighted by molar-refractivity contribution is -0.120. The molecule has 0 bridgehead atoms. The van der Waals surface area contributed by atoms with Crippen LogP contribution < -0.4 is 10.2 Å². The molecule has 2 atom stereocenters. The second-order valence-corrected chi connectivity index (χ2v) is 7.78. The standard InChI is InChI=1S/C19H23N9O2/c1-25-11-12(10-21-25)14-4-3-5-15-23-17(24-28(14)15)18(29)22-13-7-9-27-16(6-8-20-27)26(2)19(13)30/h6,8,10-11,13-14H,3-5,7,9H2,1-2H3,(H,22,29)/t13-,14?/m0/s1. The van der Waals surface area contributed by atoms with Crippen LogP contribution in [0.25, 0.3) is 0 Å². The van der Waals surface area contributed by atoms with Crippen LogP contribution >= 0.6 is 0 Å². The Morgan fingerprint density at radius 1 is 1.23 bits per heavy atom. The van der Waals surface area contributed by atoms with Gasteiger partial charge in [0.2, 0.25) is 5.82 Å². The number of aromatic nitrogens is 7. The maximum atomic E-state index is 12.9. The molecule has 0 aliphatic carbocycles. The van der Waals surface area contributed by atoms with Gasteiger partial charge in [0.25, 0.3) is 11.8 Å². The predicted octanol–water partition coefficient (Wildman–Crippen LogP) is 0.299. The molecule has 2 amide bonds. The van der Waals surface area contributed by atoms with Gasteiger partial charge in [-0.1, -0.05) is 0 Å². The van der Waals surface area contributed by atoms with Gasteiger partial charge >= 0.3 is 0 Å². The number of hydrogen-bond donors (Lipinski definition) is 1. The van der Waals surface area contributed by atoms with Crippen LogP contribution in [0.1, 0.15) is 47.3 Å². The van der Waals surface area contributed by atoms with Crippen LogP contribution in [0.15, 0.2) is 24.7 Å². The molecule has 156 valence electrons. The first kappa shape index (κ1) is 18.5. The van der Waals surface area contributed by atoms with E-state index in [1.165, 1.54) is 4.90 Å². The Bertz CT molecular complexity index is 1110. The van der Waals surface area contributed by atoms with Crippen LogP contribution in [0.5, 0.6) is 0 Å². The summed E-state index contributed by atoms with van der Waals surface area (Å²) >= 11 is 0. The third-order valence-electron chi connectivity index (χ3n) is 5.79. The minimum absolute atomic E-state index is 0.0131. The maximum absolute atomic E-state index is 12.9. The summed E-state index contributed by atoms with van der Waals surface area (Å²) in [6.07, 6.45) is 8.56. The number of carbonyl (C=O) groups is 2. The van der Waals surface area contributed by atoms with Crippen LogP contribution in [0.2, 0.25) is 0 Å². The molecule has 0 saturated carbocycles. The first-order chi connectivity index (χ1) is 14.5. The first-order valence-corrected chi connectivity index (χ1v) is 10.1. The van der Waals surface area contributed by atoms with Crippen molar-refractivity contribution in [3.8, 4) is 0 Å². The van der Waals surface area contributed by atoms with E-state index in [1.54, 1.807) is 28.7 Å². The predicted molar refractivity (Wildman–Crippen MR) is 106 cm³/mol. The number of fused-ring (bicyclic) bond motifs is 2. The summed E-state index contributed by atoms with van der Waals surface area (Å²) in [5.74, 6) is 0.975. The Morgan fingerprint density at radius 2 is 2.10 bits per heavy atom. The minimum atomic E-state index is -0.654. The molecule has 0 aromatic carbocycles. The third kappa shape index (κ3) is 3.06. The Hall–Kier alpha value is -3.50. The Kier molecular flexibility index (Phi) is 4.37. The quantitative estimate of drug-likeness (QED) is 0.665. The number of anilines is 1. The van der Waals surface area contributed by atoms with E-state index in [4.69, 9.17) is 0 Å². The van der Waals surface area contributed by atoms with Gasteiger partial charge < -0.3 is 5.32 Å². The van der Waals surface area contributed by atoms with E-state index in [0.29, 0.717) is 18.8 Å². The molecule has 5 heterocycles. The highest BCUT2D eigenvalue weighted by Crippen LogP contribution is 2.29. The smallest absolute Gasteiger partial charge is 0.291 e. The average molecular weight is 409 g/mol. The number of aryl methyl sites for hydroxylation is 3. The zero-order valence-electron chi connectivity index (χ0n) is 16.9. The van der Waals surface area contributed by atoms with Gasteiger partial charge in [0.1, 0.15) is 17.7 Å². The van der Waals surface area contributed by atoms with Crippen molar-refractivity contribution in [2.24, 2.45) is 7.05 Å². The molecular formula is C19H23N9O2. The zero-order valence-corrected chi connectivity index (χ0v) is 16.9. The van der Waals surface area contributed by atoms with Gasteiger partial charge in [-0.3, -0.25) is 19.2 Å². The maximum Gasteiger partial charge on any atom is 0.291 e. The van der Waals surface area contributed by atoms with E-state index < -0.39 is 11.9 Å². The van der Waals surface area contributed by atoms with Crippen LogP contribution in [-0.4, -0.2) is 59.2 Å². The molecule has 11 nitrogen and oxygen atoms in total. The summed E-state index contributed by atoms with van der Waals surface area (Å²) in [4.78, 5) is 31.7. The van der Waals surface area contributed by atoms with Crippen molar-refractivity contribution in [2.45, 2.75) is 44.3 Å². The highest BCUT2D eigenvalue weighted by atomic mass is 16.2. The number of hydrogen-bond acceptors (Lipinski definition) is 6. The second-order valence-electron chi connectivity index (χ2n) is 7.78. The number of nitrogens with zero attached hydrogens (tertiary/aromatic N) is 8. The minimum Gasteiger partial charge on any atom is -0.337 e. The van der Waals surface area contributed by atoms with Gasteiger partial charge in [0, 0.05) is 44.9 Å². The monoisotopic (exact) mass is 409 g/mol. The van der Waals surface area contributed by atoms with Gasteiger partial charge in [-0.15, -0.1) is 5.10 Å². The molecule has 0 radical (unpaired) electrons. The number of likely N-dealkylation sites (N-methyl/N-ethyl adjacent to an activating group) is 1. The molecule has 3 aromatic heterocycles. The first-order valence-electron chi connectivity index (χ1n) is 10.1. The topological polar surface area (TPSA) is 116 Å². The molecule has 2 aliphatic heterocycles. The van der Waals surface area contributed by atoms with E-state index in [2.05, 4.69) is 25.6 Å². The van der Waals surface area contributed by atoms with Crippen LogP contribution in [-0.2, 0) is 24.8 Å². The van der Waals surface area contributed by atoms with Crippen molar-refractivity contribution < 1.29 is 9.59 Å². The van der Waals surface area contributed by atoms with Crippen molar-refractivity contribution in [3.63, 3.8) is 0 Å². The fraction of sp³-hybridized carbons (Fsp3) is 0.474. The normalized spacial score (nSPS) is 21.1. The second kappa shape index (κ2) is 7.08. The van der Waals surface area contributed by atoms with E-state index in [-0.39, 0.29) is 17.8 Å². The summed E-state index contributed by atoms with van der Waals surface area (Å²) in [6, 6.07) is 1.14. The molecule has 5 rings (SSSR count). The van der Waals surface area contributed by atoms with Crippen LogP contribution in [0.4, 0.5) is 5.82 Å². The highest BCUT2D eigenvalue weighted by molar-refractivity contribution is 6.00. The Balaban J connectivity index is 1.36. The van der Waals surface area contributed by atoms with Gasteiger partial charge in [0.15, 0.2) is 0 Å². The zero-order chi connectivity index (χ0) is 20.8. The van der Waals surface area contributed by atoms with Gasteiger partial charge in [-0.05, 0) is 19.3 Å². The van der Waals surface area contributed by atoms with Crippen molar-refractivity contribution in [3.05, 3.63) is 41.9 Å². The Morgan fingerprint density at radius 3 is 2.90 bits per heavy atom. The summed E-state index contributed by atoms with van der Waals surface area (Å²) in [5, 5.41) is 15.8. The molecule has 0 spiro atoms. The fourth-order valence-electron chi connectivity index (χ4n) is 4.23. The van der Waals surface area contributed by atoms with E-state index in [9.17, 15) is 9.59 Å². The summed E-state index contributed by atoms with van der Waals surface area (Å²) in [5.41, 5.74) is 1.05. The lowest BCUT2D eigenvalue weighted by Crippen LogP contribution is -2.47. The average Bonchev–Trinajstić information content (AvgIpc) is 3.47. The number of rotatable bonds is 3. The largest absolute Gasteiger partial charge is 0.337 e. The summed E-state index contributed by atoms with van der Waals surface area (Å²) in [7, 11) is 3.56. The number of nitrogens with one attached hydrogen (secondary N) is 1. The highest BCUT2D eigenvalue weighted by Gasteiger charge is 2.32. The molecule has 3 aromatic rings. The molecular weight excluding hydrogens is 386 g/mol. The third-order valence-corrected chi connectivity index (χ3v) is 5.79. The van der Waals surface area contributed by atoms with E-state index in [1.807, 2.05) is 24.1 Å². The molecule has 0 fully saturated rings. The number of carbonyl (C=O) groups excluding carboxylic acids is 2. The van der Waals surface area contributed by atoms with E-state index in [0.717, 1.165) is 30.7 Å². The fourth-order valence-corrected chi connectivity index (χ4v) is 4.23. The van der Waals surface area contributed by atoms with Crippen molar-refractivity contribution in [2.75, 3.05) is 11.9 Å².